The van der Waals surface area contributed by atoms with Crippen LogP contribution in [-0.4, -0.2) is 42.1 Å². The van der Waals surface area contributed by atoms with E-state index in [0.29, 0.717) is 24.3 Å². The van der Waals surface area contributed by atoms with Gasteiger partial charge in [-0.2, -0.15) is 0 Å². The van der Waals surface area contributed by atoms with Gasteiger partial charge >= 0.3 is 12.0 Å². The molecule has 3 amide bonds. The van der Waals surface area contributed by atoms with Gasteiger partial charge < -0.3 is 15.7 Å². The maximum absolute atomic E-state index is 12.0. The minimum Gasteiger partial charge on any atom is -0.480 e. The normalized spacial score (nSPS) is 16.0. The zero-order valence-corrected chi connectivity index (χ0v) is 11.6. The van der Waals surface area contributed by atoms with Crippen LogP contribution in [0.15, 0.2) is 24.3 Å². The van der Waals surface area contributed by atoms with E-state index in [4.69, 9.17) is 5.11 Å². The zero-order valence-electron chi connectivity index (χ0n) is 11.6. The van der Waals surface area contributed by atoms with Crippen LogP contribution in [0.4, 0.5) is 10.5 Å². The maximum Gasteiger partial charge on any atom is 0.325 e. The Kier molecular flexibility index (Phi) is 4.42. The lowest BCUT2D eigenvalue weighted by Crippen LogP contribution is -2.46. The monoisotopic (exact) mass is 291 g/mol. The molecule has 0 bridgehead atoms. The molecule has 0 aliphatic carbocycles. The number of hydrogen-bond acceptors (Lipinski definition) is 3. The van der Waals surface area contributed by atoms with Crippen molar-refractivity contribution in [2.45, 2.75) is 19.4 Å². The Bertz CT molecular complexity index is 573. The molecule has 0 unspecified atom stereocenters. The highest BCUT2D eigenvalue weighted by molar-refractivity contribution is 5.99. The Morgan fingerprint density at radius 1 is 1.43 bits per heavy atom. The summed E-state index contributed by atoms with van der Waals surface area (Å²) in [5.41, 5.74) is 0.932. The number of anilines is 1. The minimum absolute atomic E-state index is 0.197. The largest absolute Gasteiger partial charge is 0.480 e. The highest BCUT2D eigenvalue weighted by Crippen LogP contribution is 2.18. The van der Waals surface area contributed by atoms with Gasteiger partial charge in [-0.15, -0.1) is 0 Å². The molecule has 0 spiro atoms. The summed E-state index contributed by atoms with van der Waals surface area (Å²) in [5.74, 6) is -1.58. The van der Waals surface area contributed by atoms with Crippen molar-refractivity contribution in [2.24, 2.45) is 0 Å². The van der Waals surface area contributed by atoms with Crippen LogP contribution in [-0.2, 0) is 4.79 Å². The summed E-state index contributed by atoms with van der Waals surface area (Å²) in [6, 6.07) is 5.39. The molecule has 0 saturated carbocycles. The second kappa shape index (κ2) is 6.25. The van der Waals surface area contributed by atoms with Gasteiger partial charge in [-0.05, 0) is 31.5 Å². The predicted octanol–water partition coefficient (Wildman–Crippen LogP) is 0.809. The molecule has 1 saturated heterocycles. The van der Waals surface area contributed by atoms with Crippen molar-refractivity contribution in [1.82, 2.24) is 10.6 Å². The Morgan fingerprint density at radius 2 is 2.19 bits per heavy atom. The lowest BCUT2D eigenvalue weighted by molar-refractivity contribution is -0.138. The molecular weight excluding hydrogens is 274 g/mol. The van der Waals surface area contributed by atoms with Gasteiger partial charge in [0.05, 0.1) is 0 Å². The van der Waals surface area contributed by atoms with Crippen LogP contribution in [0.25, 0.3) is 0 Å². The molecule has 1 aliphatic rings. The van der Waals surface area contributed by atoms with Crippen molar-refractivity contribution in [3.63, 3.8) is 0 Å². The summed E-state index contributed by atoms with van der Waals surface area (Å²) in [7, 11) is 0. The minimum atomic E-state index is -1.10. The number of carboxylic acid groups (broad SMARTS) is 1. The van der Waals surface area contributed by atoms with E-state index in [2.05, 4.69) is 10.6 Å². The summed E-state index contributed by atoms with van der Waals surface area (Å²) in [5, 5.41) is 13.9. The number of aliphatic carboxylic acids is 1. The number of rotatable bonds is 4. The second-order valence-corrected chi connectivity index (χ2v) is 4.82. The maximum atomic E-state index is 12.0. The summed E-state index contributed by atoms with van der Waals surface area (Å²) >= 11 is 0. The fourth-order valence-corrected chi connectivity index (χ4v) is 2.03. The van der Waals surface area contributed by atoms with Crippen molar-refractivity contribution in [1.29, 1.82) is 0 Å². The van der Waals surface area contributed by atoms with Crippen LogP contribution in [0, 0.1) is 0 Å². The first kappa shape index (κ1) is 14.8. The first-order valence-electron chi connectivity index (χ1n) is 6.68. The number of amides is 3. The first-order chi connectivity index (χ1) is 9.99. The topological polar surface area (TPSA) is 98.7 Å². The number of hydrogen-bond donors (Lipinski definition) is 3. The van der Waals surface area contributed by atoms with Crippen LogP contribution in [0.1, 0.15) is 23.7 Å². The van der Waals surface area contributed by atoms with E-state index < -0.39 is 17.9 Å². The summed E-state index contributed by atoms with van der Waals surface area (Å²) in [6.45, 7) is 2.62. The zero-order chi connectivity index (χ0) is 15.4. The molecule has 112 valence electrons. The van der Waals surface area contributed by atoms with E-state index in [-0.39, 0.29) is 6.03 Å². The Hall–Kier alpha value is -2.57. The van der Waals surface area contributed by atoms with Gasteiger partial charge in [0.1, 0.15) is 6.04 Å². The molecule has 7 nitrogen and oxygen atoms in total. The highest BCUT2D eigenvalue weighted by Gasteiger charge is 2.21. The van der Waals surface area contributed by atoms with E-state index in [0.717, 1.165) is 6.42 Å². The Morgan fingerprint density at radius 3 is 2.86 bits per heavy atom. The Labute approximate surface area is 121 Å². The standard InChI is InChI=1S/C14H17N3O4/c1-9(13(19)20)16-12(18)10-4-2-5-11(8-10)17-7-3-6-15-14(17)21/h2,4-5,8-9H,3,6-7H2,1H3,(H,15,21)(H,16,18)(H,19,20)/t9-/m0/s1. The van der Waals surface area contributed by atoms with Crippen LogP contribution in [0.2, 0.25) is 0 Å². The van der Waals surface area contributed by atoms with Crippen molar-refractivity contribution < 1.29 is 19.5 Å². The van der Waals surface area contributed by atoms with E-state index in [1.807, 2.05) is 0 Å². The molecule has 1 aromatic rings. The molecule has 1 heterocycles. The van der Waals surface area contributed by atoms with Crippen LogP contribution in [0.3, 0.4) is 0 Å². The van der Waals surface area contributed by atoms with E-state index in [1.54, 1.807) is 29.2 Å². The van der Waals surface area contributed by atoms with Crippen LogP contribution in [0.5, 0.6) is 0 Å². The number of nitrogens with one attached hydrogen (secondary N) is 2. The van der Waals surface area contributed by atoms with Gasteiger partial charge in [0.15, 0.2) is 0 Å². The van der Waals surface area contributed by atoms with Crippen molar-refractivity contribution >= 4 is 23.6 Å². The molecule has 0 aromatic heterocycles. The third kappa shape index (κ3) is 3.50. The number of benzene rings is 1. The van der Waals surface area contributed by atoms with Gasteiger partial charge in [0.2, 0.25) is 0 Å². The molecule has 7 heteroatoms. The average Bonchev–Trinajstić information content (AvgIpc) is 2.47. The smallest absolute Gasteiger partial charge is 0.325 e. The molecular formula is C14H17N3O4. The van der Waals surface area contributed by atoms with E-state index >= 15 is 0 Å². The third-order valence-corrected chi connectivity index (χ3v) is 3.22. The third-order valence-electron chi connectivity index (χ3n) is 3.22. The number of carbonyl (C=O) groups excluding carboxylic acids is 2. The predicted molar refractivity (Wildman–Crippen MR) is 76.4 cm³/mol. The summed E-state index contributed by atoms with van der Waals surface area (Å²) in [6.07, 6.45) is 0.832. The van der Waals surface area contributed by atoms with Gasteiger partial charge in [0.25, 0.3) is 5.91 Å². The second-order valence-electron chi connectivity index (χ2n) is 4.82. The van der Waals surface area contributed by atoms with Gasteiger partial charge in [0, 0.05) is 24.3 Å². The molecule has 2 rings (SSSR count). The quantitative estimate of drug-likeness (QED) is 0.764. The first-order valence-corrected chi connectivity index (χ1v) is 6.68. The van der Waals surface area contributed by atoms with Gasteiger partial charge in [-0.3, -0.25) is 14.5 Å². The molecule has 0 radical (unpaired) electrons. The summed E-state index contributed by atoms with van der Waals surface area (Å²) < 4.78 is 0. The molecule has 1 fully saturated rings. The molecule has 3 N–H and O–H groups in total. The molecule has 1 aromatic carbocycles. The highest BCUT2D eigenvalue weighted by atomic mass is 16.4. The van der Waals surface area contributed by atoms with Crippen molar-refractivity contribution in [2.75, 3.05) is 18.0 Å². The molecule has 1 atom stereocenters. The molecule has 1 aliphatic heterocycles. The van der Waals surface area contributed by atoms with E-state index in [9.17, 15) is 14.4 Å². The fraction of sp³-hybridized carbons (Fsp3) is 0.357. The SMILES string of the molecule is C[C@H](NC(=O)c1cccc(N2CCCNC2=O)c1)C(=O)O. The lowest BCUT2D eigenvalue weighted by atomic mass is 10.1. The fourth-order valence-electron chi connectivity index (χ4n) is 2.03. The molecule has 21 heavy (non-hydrogen) atoms. The van der Waals surface area contributed by atoms with Crippen molar-refractivity contribution in [3.8, 4) is 0 Å². The number of nitrogens with zero attached hydrogens (tertiary/aromatic N) is 1. The van der Waals surface area contributed by atoms with Crippen LogP contribution < -0.4 is 15.5 Å². The van der Waals surface area contributed by atoms with Crippen LogP contribution >= 0.6 is 0 Å². The number of carboxylic acids is 1. The average molecular weight is 291 g/mol. The van der Waals surface area contributed by atoms with E-state index in [1.165, 1.54) is 6.92 Å². The Balaban J connectivity index is 2.15. The summed E-state index contributed by atoms with van der Waals surface area (Å²) in [4.78, 5) is 36.1. The van der Waals surface area contributed by atoms with Gasteiger partial charge in [-0.25, -0.2) is 4.79 Å². The van der Waals surface area contributed by atoms with Gasteiger partial charge in [-0.1, -0.05) is 6.07 Å². The number of urea groups is 1. The number of carbonyl (C=O) groups is 3. The van der Waals surface area contributed by atoms with Crippen molar-refractivity contribution in [3.05, 3.63) is 29.8 Å². The lowest BCUT2D eigenvalue weighted by Gasteiger charge is -2.27.